The van der Waals surface area contributed by atoms with E-state index in [1.807, 2.05) is 6.92 Å². The molecule has 2 rings (SSSR count). The van der Waals surface area contributed by atoms with Crippen LogP contribution in [0, 0.1) is 11.6 Å². The SMILES string of the molecule is CC(c1ccncc1)C(N)c1cc(F)c(Cl)cc1F. The summed E-state index contributed by atoms with van der Waals surface area (Å²) in [7, 11) is 0. The largest absolute Gasteiger partial charge is 0.323 e. The second-order valence-electron chi connectivity index (χ2n) is 4.38. The predicted octanol–water partition coefficient (Wildman–Crippen LogP) is 3.82. The summed E-state index contributed by atoms with van der Waals surface area (Å²) < 4.78 is 27.2. The molecular weight excluding hydrogens is 270 g/mol. The lowest BCUT2D eigenvalue weighted by Crippen LogP contribution is -2.19. The number of pyridine rings is 1. The number of nitrogens with zero attached hydrogens (tertiary/aromatic N) is 1. The minimum atomic E-state index is -0.671. The average Bonchev–Trinajstić information content (AvgIpc) is 2.42. The molecule has 2 aromatic rings. The molecule has 0 saturated carbocycles. The zero-order valence-corrected chi connectivity index (χ0v) is 11.0. The van der Waals surface area contributed by atoms with Crippen molar-refractivity contribution in [2.75, 3.05) is 0 Å². The van der Waals surface area contributed by atoms with Gasteiger partial charge in [-0.25, -0.2) is 8.78 Å². The van der Waals surface area contributed by atoms with E-state index in [1.165, 1.54) is 0 Å². The first-order chi connectivity index (χ1) is 9.00. The summed E-state index contributed by atoms with van der Waals surface area (Å²) in [6.45, 7) is 1.85. The van der Waals surface area contributed by atoms with Crippen LogP contribution in [-0.4, -0.2) is 4.98 Å². The van der Waals surface area contributed by atoms with Crippen LogP contribution in [0.1, 0.15) is 30.0 Å². The molecule has 1 aromatic carbocycles. The molecule has 2 unspecified atom stereocenters. The van der Waals surface area contributed by atoms with Crippen molar-refractivity contribution in [3.63, 3.8) is 0 Å². The van der Waals surface area contributed by atoms with E-state index in [9.17, 15) is 8.78 Å². The number of nitrogens with two attached hydrogens (primary N) is 1. The van der Waals surface area contributed by atoms with Gasteiger partial charge in [0.25, 0.3) is 0 Å². The monoisotopic (exact) mass is 282 g/mol. The molecule has 0 aliphatic heterocycles. The summed E-state index contributed by atoms with van der Waals surface area (Å²) in [5.41, 5.74) is 7.05. The van der Waals surface area contributed by atoms with Gasteiger partial charge >= 0.3 is 0 Å². The summed E-state index contributed by atoms with van der Waals surface area (Å²) in [6.07, 6.45) is 3.27. The fourth-order valence-corrected chi connectivity index (χ4v) is 2.09. The van der Waals surface area contributed by atoms with Crippen molar-refractivity contribution >= 4 is 11.6 Å². The Kier molecular flexibility index (Phi) is 4.12. The van der Waals surface area contributed by atoms with Crippen LogP contribution in [0.4, 0.5) is 8.78 Å². The van der Waals surface area contributed by atoms with Gasteiger partial charge in [0.1, 0.15) is 11.6 Å². The van der Waals surface area contributed by atoms with Crippen LogP contribution in [0.2, 0.25) is 5.02 Å². The molecule has 0 radical (unpaired) electrons. The predicted molar refractivity (Wildman–Crippen MR) is 70.9 cm³/mol. The standard InChI is InChI=1S/C14H13ClF2N2/c1-8(9-2-4-19-5-3-9)14(18)10-6-13(17)11(15)7-12(10)16/h2-8,14H,18H2,1H3. The number of hydrogen-bond donors (Lipinski definition) is 1. The number of benzene rings is 1. The first-order valence-corrected chi connectivity index (χ1v) is 6.18. The molecule has 5 heteroatoms. The van der Waals surface area contributed by atoms with Crippen molar-refractivity contribution in [2.45, 2.75) is 18.9 Å². The molecule has 0 aliphatic carbocycles. The van der Waals surface area contributed by atoms with Gasteiger partial charge in [-0.05, 0) is 29.8 Å². The zero-order chi connectivity index (χ0) is 14.0. The Bertz CT molecular complexity index is 575. The van der Waals surface area contributed by atoms with Gasteiger partial charge in [-0.15, -0.1) is 0 Å². The molecule has 19 heavy (non-hydrogen) atoms. The topological polar surface area (TPSA) is 38.9 Å². The van der Waals surface area contributed by atoms with E-state index >= 15 is 0 Å². The van der Waals surface area contributed by atoms with Crippen molar-refractivity contribution in [1.29, 1.82) is 0 Å². The van der Waals surface area contributed by atoms with Crippen LogP contribution >= 0.6 is 11.6 Å². The molecule has 1 heterocycles. The summed E-state index contributed by atoms with van der Waals surface area (Å²) >= 11 is 5.52. The van der Waals surface area contributed by atoms with Gasteiger partial charge in [0, 0.05) is 29.9 Å². The molecule has 2 nitrogen and oxygen atoms in total. The maximum Gasteiger partial charge on any atom is 0.142 e. The molecule has 2 N–H and O–H groups in total. The smallest absolute Gasteiger partial charge is 0.142 e. The molecule has 0 bridgehead atoms. The van der Waals surface area contributed by atoms with E-state index in [0.29, 0.717) is 0 Å². The second kappa shape index (κ2) is 5.63. The van der Waals surface area contributed by atoms with Crippen LogP contribution in [0.3, 0.4) is 0 Å². The Hall–Kier alpha value is -1.52. The number of halogens is 3. The minimum Gasteiger partial charge on any atom is -0.323 e. The van der Waals surface area contributed by atoms with Crippen molar-refractivity contribution in [1.82, 2.24) is 4.98 Å². The summed E-state index contributed by atoms with van der Waals surface area (Å²) in [5, 5.41) is -0.245. The van der Waals surface area contributed by atoms with Gasteiger partial charge < -0.3 is 5.73 Å². The summed E-state index contributed by atoms with van der Waals surface area (Å²) in [6, 6.07) is 4.95. The van der Waals surface area contributed by atoms with Crippen LogP contribution < -0.4 is 5.73 Å². The molecule has 1 aromatic heterocycles. The van der Waals surface area contributed by atoms with Crippen LogP contribution in [0.5, 0.6) is 0 Å². The molecule has 0 spiro atoms. The summed E-state index contributed by atoms with van der Waals surface area (Å²) in [4.78, 5) is 3.91. The molecule has 0 saturated heterocycles. The highest BCUT2D eigenvalue weighted by Gasteiger charge is 2.21. The maximum absolute atomic E-state index is 13.8. The normalized spacial score (nSPS) is 14.2. The molecule has 0 fully saturated rings. The first kappa shape index (κ1) is 13.9. The average molecular weight is 283 g/mol. The van der Waals surface area contributed by atoms with Gasteiger partial charge in [-0.1, -0.05) is 18.5 Å². The molecule has 100 valence electrons. The number of rotatable bonds is 3. The van der Waals surface area contributed by atoms with Gasteiger partial charge in [0.05, 0.1) is 5.02 Å². The Morgan fingerprint density at radius 1 is 1.16 bits per heavy atom. The number of hydrogen-bond acceptors (Lipinski definition) is 2. The highest BCUT2D eigenvalue weighted by Crippen LogP contribution is 2.31. The Labute approximate surface area is 115 Å². The van der Waals surface area contributed by atoms with Gasteiger partial charge in [0.2, 0.25) is 0 Å². The third kappa shape index (κ3) is 2.91. The van der Waals surface area contributed by atoms with Gasteiger partial charge in [-0.3, -0.25) is 4.98 Å². The lowest BCUT2D eigenvalue weighted by atomic mass is 9.89. The van der Waals surface area contributed by atoms with E-state index < -0.39 is 17.7 Å². The Balaban J connectivity index is 2.34. The van der Waals surface area contributed by atoms with Crippen molar-refractivity contribution in [3.05, 3.63) is 64.4 Å². The van der Waals surface area contributed by atoms with E-state index in [0.717, 1.165) is 17.7 Å². The van der Waals surface area contributed by atoms with Gasteiger partial charge in [0.15, 0.2) is 0 Å². The minimum absolute atomic E-state index is 0.117. The second-order valence-corrected chi connectivity index (χ2v) is 4.79. The van der Waals surface area contributed by atoms with Crippen LogP contribution in [0.15, 0.2) is 36.7 Å². The van der Waals surface area contributed by atoms with Crippen molar-refractivity contribution < 1.29 is 8.78 Å². The van der Waals surface area contributed by atoms with Gasteiger partial charge in [-0.2, -0.15) is 0 Å². The van der Waals surface area contributed by atoms with E-state index in [1.54, 1.807) is 24.5 Å². The fourth-order valence-electron chi connectivity index (χ4n) is 1.94. The molecule has 2 atom stereocenters. The lowest BCUT2D eigenvalue weighted by molar-refractivity contribution is 0.528. The summed E-state index contributed by atoms with van der Waals surface area (Å²) in [5.74, 6) is -1.44. The van der Waals surface area contributed by atoms with Crippen molar-refractivity contribution in [3.8, 4) is 0 Å². The third-order valence-corrected chi connectivity index (χ3v) is 3.46. The lowest BCUT2D eigenvalue weighted by Gasteiger charge is -2.21. The van der Waals surface area contributed by atoms with Crippen LogP contribution in [0.25, 0.3) is 0 Å². The van der Waals surface area contributed by atoms with Crippen molar-refractivity contribution in [2.24, 2.45) is 5.73 Å². The maximum atomic E-state index is 13.8. The Morgan fingerprint density at radius 2 is 1.79 bits per heavy atom. The Morgan fingerprint density at radius 3 is 2.42 bits per heavy atom. The van der Waals surface area contributed by atoms with E-state index in [-0.39, 0.29) is 16.5 Å². The van der Waals surface area contributed by atoms with E-state index in [4.69, 9.17) is 17.3 Å². The first-order valence-electron chi connectivity index (χ1n) is 5.80. The number of aromatic nitrogens is 1. The highest BCUT2D eigenvalue weighted by molar-refractivity contribution is 6.30. The third-order valence-electron chi connectivity index (χ3n) is 3.17. The van der Waals surface area contributed by atoms with E-state index in [2.05, 4.69) is 4.98 Å². The molecular formula is C14H13ClF2N2. The van der Waals surface area contributed by atoms with Crippen LogP contribution in [-0.2, 0) is 0 Å². The highest BCUT2D eigenvalue weighted by atomic mass is 35.5. The zero-order valence-electron chi connectivity index (χ0n) is 10.3. The molecule has 0 amide bonds. The quantitative estimate of drug-likeness (QED) is 0.869. The fraction of sp³-hybridized carbons (Fsp3) is 0.214. The molecule has 0 aliphatic rings.